The zero-order valence-corrected chi connectivity index (χ0v) is 19.6. The third-order valence-electron chi connectivity index (χ3n) is 7.84. The van der Waals surface area contributed by atoms with Gasteiger partial charge >= 0.3 is 5.97 Å². The lowest BCUT2D eigenvalue weighted by Gasteiger charge is -2.39. The fourth-order valence-corrected chi connectivity index (χ4v) is 6.77. The maximum Gasteiger partial charge on any atom is 0.380 e. The summed E-state index contributed by atoms with van der Waals surface area (Å²) in [6.07, 6.45) is 0.882. The normalized spacial score (nSPS) is 28.4. The minimum Gasteiger partial charge on any atom is -0.454 e. The zero-order chi connectivity index (χ0) is 23.3. The van der Waals surface area contributed by atoms with Gasteiger partial charge in [0, 0.05) is 11.0 Å². The molecule has 2 bridgehead atoms. The average Bonchev–Trinajstić information content (AvgIpc) is 3.07. The highest BCUT2D eigenvalue weighted by Crippen LogP contribution is 2.66. The van der Waals surface area contributed by atoms with Crippen LogP contribution in [0.1, 0.15) is 49.5 Å². The van der Waals surface area contributed by atoms with Crippen molar-refractivity contribution in [2.75, 3.05) is 0 Å². The SMILES string of the molecule is Cc1ccc(S(=O)(=O)N[C@@H]2[C@H]3CC[C@@](C)([C@@H]2OC(=O)C(=O)c2ccccc2)C3(C)C)cc1. The molecule has 32 heavy (non-hydrogen) atoms. The van der Waals surface area contributed by atoms with Crippen molar-refractivity contribution in [2.45, 2.75) is 57.6 Å². The fourth-order valence-electron chi connectivity index (χ4n) is 5.49. The molecule has 0 saturated heterocycles. The Bertz CT molecular complexity index is 1140. The molecule has 1 N–H and O–H groups in total. The predicted octanol–water partition coefficient (Wildman–Crippen LogP) is 3.89. The van der Waals surface area contributed by atoms with Crippen LogP contribution in [0.3, 0.4) is 0 Å². The third kappa shape index (κ3) is 3.57. The molecule has 0 spiro atoms. The highest BCUT2D eigenvalue weighted by molar-refractivity contribution is 7.89. The number of ketones is 1. The summed E-state index contributed by atoms with van der Waals surface area (Å²) < 4.78 is 34.9. The van der Waals surface area contributed by atoms with Gasteiger partial charge in [-0.15, -0.1) is 0 Å². The number of sulfonamides is 1. The molecule has 7 heteroatoms. The van der Waals surface area contributed by atoms with Gasteiger partial charge in [0.2, 0.25) is 10.0 Å². The Morgan fingerprint density at radius 1 is 1.00 bits per heavy atom. The van der Waals surface area contributed by atoms with E-state index in [2.05, 4.69) is 18.6 Å². The van der Waals surface area contributed by atoms with Crippen molar-refractivity contribution in [3.05, 3.63) is 65.7 Å². The van der Waals surface area contributed by atoms with E-state index in [1.54, 1.807) is 54.6 Å². The average molecular weight is 456 g/mol. The summed E-state index contributed by atoms with van der Waals surface area (Å²) in [7, 11) is -3.83. The van der Waals surface area contributed by atoms with Crippen molar-refractivity contribution in [3.8, 4) is 0 Å². The molecular formula is C25H29NO5S. The molecule has 2 aromatic rings. The van der Waals surface area contributed by atoms with Gasteiger partial charge in [-0.3, -0.25) is 4.79 Å². The van der Waals surface area contributed by atoms with E-state index in [-0.39, 0.29) is 21.8 Å². The second-order valence-corrected chi connectivity index (χ2v) is 11.5. The van der Waals surface area contributed by atoms with Gasteiger partial charge < -0.3 is 4.74 Å². The number of Topliss-reactive ketones (excluding diaryl/α,β-unsaturated/α-hetero) is 1. The van der Waals surface area contributed by atoms with Crippen molar-refractivity contribution in [2.24, 2.45) is 16.7 Å². The van der Waals surface area contributed by atoms with E-state index < -0.39 is 39.3 Å². The van der Waals surface area contributed by atoms with Crippen LogP contribution >= 0.6 is 0 Å². The Balaban J connectivity index is 1.64. The largest absolute Gasteiger partial charge is 0.454 e. The van der Waals surface area contributed by atoms with Gasteiger partial charge in [0.05, 0.1) is 10.9 Å². The molecule has 2 fully saturated rings. The number of carbonyl (C=O) groups excluding carboxylic acids is 2. The monoisotopic (exact) mass is 455 g/mol. The number of fused-ring (bicyclic) bond motifs is 2. The van der Waals surface area contributed by atoms with Crippen LogP contribution in [0, 0.1) is 23.7 Å². The van der Waals surface area contributed by atoms with Gasteiger partial charge in [-0.1, -0.05) is 68.8 Å². The van der Waals surface area contributed by atoms with Gasteiger partial charge in [0.1, 0.15) is 6.10 Å². The van der Waals surface area contributed by atoms with Crippen molar-refractivity contribution >= 4 is 21.8 Å². The van der Waals surface area contributed by atoms with Crippen LogP contribution in [0.2, 0.25) is 0 Å². The van der Waals surface area contributed by atoms with Crippen LogP contribution in [0.15, 0.2) is 59.5 Å². The standard InChI is InChI=1S/C25H29NO5S/c1-16-10-12-18(13-11-16)32(29,30)26-20-19-14-15-25(4,24(19,2)3)22(20)31-23(28)21(27)17-8-6-5-7-9-17/h5-13,19-20,22,26H,14-15H2,1-4H3/t19-,20-,22-,25+/m1/s1. The highest BCUT2D eigenvalue weighted by Gasteiger charge is 2.68. The summed E-state index contributed by atoms with van der Waals surface area (Å²) in [5.74, 6) is -1.70. The quantitative estimate of drug-likeness (QED) is 0.405. The molecule has 2 aliphatic rings. The fraction of sp³-hybridized carbons (Fsp3) is 0.440. The Morgan fingerprint density at radius 3 is 2.25 bits per heavy atom. The van der Waals surface area contributed by atoms with E-state index in [0.29, 0.717) is 0 Å². The van der Waals surface area contributed by atoms with E-state index in [1.807, 2.05) is 13.8 Å². The zero-order valence-electron chi connectivity index (χ0n) is 18.8. The molecule has 4 rings (SSSR count). The Hall–Kier alpha value is -2.51. The van der Waals surface area contributed by atoms with E-state index in [0.717, 1.165) is 18.4 Å². The molecule has 0 aromatic heterocycles. The summed E-state index contributed by atoms with van der Waals surface area (Å²) in [5.41, 5.74) is 0.490. The smallest absolute Gasteiger partial charge is 0.380 e. The lowest BCUT2D eigenvalue weighted by molar-refractivity contribution is -0.152. The molecule has 0 amide bonds. The van der Waals surface area contributed by atoms with Gasteiger partial charge in [0.15, 0.2) is 0 Å². The number of nitrogens with one attached hydrogen (secondary N) is 1. The molecule has 0 unspecified atom stereocenters. The second kappa shape index (κ2) is 7.81. The van der Waals surface area contributed by atoms with Gasteiger partial charge in [-0.25, -0.2) is 17.9 Å². The summed E-state index contributed by atoms with van der Waals surface area (Å²) in [5, 5.41) is 0. The number of benzene rings is 2. The lowest BCUT2D eigenvalue weighted by Crippen LogP contribution is -2.51. The van der Waals surface area contributed by atoms with Crippen LogP contribution in [-0.2, 0) is 19.6 Å². The summed E-state index contributed by atoms with van der Waals surface area (Å²) in [4.78, 5) is 25.6. The first kappa shape index (κ1) is 22.7. The Labute approximate surface area is 189 Å². The number of carbonyl (C=O) groups is 2. The number of rotatable bonds is 6. The number of aryl methyl sites for hydroxylation is 1. The van der Waals surface area contributed by atoms with Crippen LogP contribution in [0.4, 0.5) is 0 Å². The van der Waals surface area contributed by atoms with Gasteiger partial charge in [0.25, 0.3) is 5.78 Å². The van der Waals surface area contributed by atoms with Crippen molar-refractivity contribution in [3.63, 3.8) is 0 Å². The maximum absolute atomic E-state index is 13.2. The van der Waals surface area contributed by atoms with Crippen molar-refractivity contribution in [1.29, 1.82) is 0 Å². The number of hydrogen-bond acceptors (Lipinski definition) is 5. The topological polar surface area (TPSA) is 89.5 Å². The molecule has 0 radical (unpaired) electrons. The van der Waals surface area contributed by atoms with E-state index in [1.165, 1.54) is 0 Å². The van der Waals surface area contributed by atoms with E-state index in [4.69, 9.17) is 4.74 Å². The molecule has 170 valence electrons. The molecule has 6 nitrogen and oxygen atoms in total. The third-order valence-corrected chi connectivity index (χ3v) is 9.31. The first-order valence-corrected chi connectivity index (χ1v) is 12.3. The number of esters is 1. The number of ether oxygens (including phenoxy) is 1. The summed E-state index contributed by atoms with van der Waals surface area (Å²) >= 11 is 0. The van der Waals surface area contributed by atoms with Gasteiger partial charge in [-0.05, 0) is 43.2 Å². The molecular weight excluding hydrogens is 426 g/mol. The minimum absolute atomic E-state index is 0.0163. The van der Waals surface area contributed by atoms with Gasteiger partial charge in [-0.2, -0.15) is 0 Å². The molecule has 0 aliphatic heterocycles. The summed E-state index contributed by atoms with van der Waals surface area (Å²) in [6.45, 7) is 8.09. The highest BCUT2D eigenvalue weighted by atomic mass is 32.2. The molecule has 2 aromatic carbocycles. The van der Waals surface area contributed by atoms with Crippen LogP contribution in [0.25, 0.3) is 0 Å². The van der Waals surface area contributed by atoms with Crippen LogP contribution in [-0.4, -0.2) is 32.3 Å². The Kier molecular flexibility index (Phi) is 5.54. The summed E-state index contributed by atoms with van der Waals surface area (Å²) in [6, 6.07) is 14.3. The minimum atomic E-state index is -3.83. The predicted molar refractivity (Wildman–Crippen MR) is 121 cm³/mol. The first-order valence-electron chi connectivity index (χ1n) is 10.9. The maximum atomic E-state index is 13.2. The molecule has 0 heterocycles. The van der Waals surface area contributed by atoms with Crippen LogP contribution in [0.5, 0.6) is 0 Å². The lowest BCUT2D eigenvalue weighted by atomic mass is 9.70. The van der Waals surface area contributed by atoms with E-state index in [9.17, 15) is 18.0 Å². The second-order valence-electron chi connectivity index (χ2n) is 9.77. The van der Waals surface area contributed by atoms with Crippen molar-refractivity contribution in [1.82, 2.24) is 4.72 Å². The number of hydrogen-bond donors (Lipinski definition) is 1. The Morgan fingerprint density at radius 2 is 1.62 bits per heavy atom. The van der Waals surface area contributed by atoms with Crippen LogP contribution < -0.4 is 4.72 Å². The van der Waals surface area contributed by atoms with Crippen molar-refractivity contribution < 1.29 is 22.7 Å². The molecule has 2 saturated carbocycles. The first-order chi connectivity index (χ1) is 15.0. The molecule has 4 atom stereocenters. The molecule has 2 aliphatic carbocycles. The van der Waals surface area contributed by atoms with E-state index >= 15 is 0 Å².